The Morgan fingerprint density at radius 1 is 1.19 bits per heavy atom. The lowest BCUT2D eigenvalue weighted by Crippen LogP contribution is -2.13. The van der Waals surface area contributed by atoms with Crippen LogP contribution < -0.4 is 0 Å². The monoisotopic (exact) mass is 242 g/mol. The number of hydrogen-bond donors (Lipinski definition) is 0. The third-order valence-electron chi connectivity index (χ3n) is 2.25. The zero-order valence-corrected chi connectivity index (χ0v) is 10.7. The topological polar surface area (TPSA) is 18.5 Å². The molecule has 0 saturated heterocycles. The van der Waals surface area contributed by atoms with Crippen molar-refractivity contribution in [3.8, 4) is 0 Å². The van der Waals surface area contributed by atoms with Crippen LogP contribution in [0, 0.1) is 0 Å². The molecule has 0 radical (unpaired) electrons. The Hall–Kier alpha value is -0.570. The first-order chi connectivity index (χ1) is 7.72. The van der Waals surface area contributed by atoms with Crippen LogP contribution in [0.25, 0.3) is 0 Å². The summed E-state index contributed by atoms with van der Waals surface area (Å²) in [6.07, 6.45) is 2.07. The summed E-state index contributed by atoms with van der Waals surface area (Å²) in [4.78, 5) is 0. The van der Waals surface area contributed by atoms with Crippen LogP contribution in [0.15, 0.2) is 24.3 Å². The maximum absolute atomic E-state index is 5.79. The summed E-state index contributed by atoms with van der Waals surface area (Å²) in [5.41, 5.74) is 1.11. The molecule has 0 unspecified atom stereocenters. The highest BCUT2D eigenvalue weighted by Gasteiger charge is 2.02. The van der Waals surface area contributed by atoms with Crippen LogP contribution in [0.5, 0.6) is 0 Å². The number of rotatable bonds is 7. The van der Waals surface area contributed by atoms with Gasteiger partial charge in [-0.15, -0.1) is 0 Å². The Kier molecular flexibility index (Phi) is 6.46. The molecule has 2 nitrogen and oxygen atoms in total. The van der Waals surface area contributed by atoms with Crippen LogP contribution in [0.2, 0.25) is 5.02 Å². The van der Waals surface area contributed by atoms with E-state index < -0.39 is 0 Å². The molecule has 0 aromatic heterocycles. The smallest absolute Gasteiger partial charge is 0.155 e. The highest BCUT2D eigenvalue weighted by molar-refractivity contribution is 6.30. The molecule has 0 aliphatic carbocycles. The van der Waals surface area contributed by atoms with Gasteiger partial charge in [-0.3, -0.25) is 0 Å². The van der Waals surface area contributed by atoms with E-state index in [1.54, 1.807) is 0 Å². The molecule has 90 valence electrons. The van der Waals surface area contributed by atoms with E-state index in [1.807, 2.05) is 31.2 Å². The average Bonchev–Trinajstić information content (AvgIpc) is 2.29. The van der Waals surface area contributed by atoms with Crippen molar-refractivity contribution in [2.24, 2.45) is 0 Å². The van der Waals surface area contributed by atoms with Crippen LogP contribution in [-0.2, 0) is 16.1 Å². The summed E-state index contributed by atoms with van der Waals surface area (Å²) in [5.74, 6) is 0. The number of benzene rings is 1. The third-order valence-corrected chi connectivity index (χ3v) is 2.50. The minimum atomic E-state index is -0.151. The maximum atomic E-state index is 5.79. The van der Waals surface area contributed by atoms with Gasteiger partial charge in [-0.2, -0.15) is 0 Å². The summed E-state index contributed by atoms with van der Waals surface area (Å²) in [6, 6.07) is 7.65. The van der Waals surface area contributed by atoms with Gasteiger partial charge in [-0.25, -0.2) is 0 Å². The molecule has 0 aliphatic rings. The SMILES string of the molecule is CCCCO[C@H](C)OCc1ccc(Cl)cc1. The van der Waals surface area contributed by atoms with E-state index in [-0.39, 0.29) is 6.29 Å². The molecule has 1 aromatic carbocycles. The highest BCUT2D eigenvalue weighted by Crippen LogP contribution is 2.11. The molecule has 3 heteroatoms. The molecule has 0 N–H and O–H groups in total. The first kappa shape index (κ1) is 13.5. The van der Waals surface area contributed by atoms with Crippen LogP contribution >= 0.6 is 11.6 Å². The van der Waals surface area contributed by atoms with Crippen molar-refractivity contribution in [1.82, 2.24) is 0 Å². The fourth-order valence-electron chi connectivity index (χ4n) is 1.24. The molecule has 1 atom stereocenters. The fourth-order valence-corrected chi connectivity index (χ4v) is 1.36. The van der Waals surface area contributed by atoms with Gasteiger partial charge in [0.05, 0.1) is 6.61 Å². The molecule has 0 amide bonds. The van der Waals surface area contributed by atoms with Gasteiger partial charge in [0.1, 0.15) is 0 Å². The molecule has 0 spiro atoms. The van der Waals surface area contributed by atoms with E-state index in [2.05, 4.69) is 6.92 Å². The molecule has 0 heterocycles. The van der Waals surface area contributed by atoms with Crippen molar-refractivity contribution in [2.75, 3.05) is 6.61 Å². The van der Waals surface area contributed by atoms with Crippen molar-refractivity contribution in [3.63, 3.8) is 0 Å². The molecular weight excluding hydrogens is 224 g/mol. The Morgan fingerprint density at radius 3 is 2.50 bits per heavy atom. The maximum Gasteiger partial charge on any atom is 0.155 e. The normalized spacial score (nSPS) is 12.7. The molecule has 0 saturated carbocycles. The summed E-state index contributed by atoms with van der Waals surface area (Å²) in [7, 11) is 0. The van der Waals surface area contributed by atoms with Gasteiger partial charge in [0.25, 0.3) is 0 Å². The van der Waals surface area contributed by atoms with E-state index in [0.29, 0.717) is 6.61 Å². The van der Waals surface area contributed by atoms with E-state index >= 15 is 0 Å². The second-order valence-corrected chi connectivity index (χ2v) is 4.17. The van der Waals surface area contributed by atoms with Crippen LogP contribution in [0.4, 0.5) is 0 Å². The van der Waals surface area contributed by atoms with Crippen LogP contribution in [0.3, 0.4) is 0 Å². The van der Waals surface area contributed by atoms with Crippen molar-refractivity contribution in [1.29, 1.82) is 0 Å². The molecular formula is C13H19ClO2. The van der Waals surface area contributed by atoms with E-state index in [4.69, 9.17) is 21.1 Å². The fraction of sp³-hybridized carbons (Fsp3) is 0.538. The Balaban J connectivity index is 2.20. The van der Waals surface area contributed by atoms with E-state index in [0.717, 1.165) is 30.0 Å². The minimum absolute atomic E-state index is 0.151. The van der Waals surface area contributed by atoms with Crippen LogP contribution in [0.1, 0.15) is 32.3 Å². The van der Waals surface area contributed by atoms with Gasteiger partial charge < -0.3 is 9.47 Å². The lowest BCUT2D eigenvalue weighted by molar-refractivity contribution is -0.138. The average molecular weight is 243 g/mol. The lowest BCUT2D eigenvalue weighted by atomic mass is 10.2. The number of ether oxygens (including phenoxy) is 2. The van der Waals surface area contributed by atoms with Crippen LogP contribution in [-0.4, -0.2) is 12.9 Å². The second-order valence-electron chi connectivity index (χ2n) is 3.73. The van der Waals surface area contributed by atoms with E-state index in [1.165, 1.54) is 0 Å². The van der Waals surface area contributed by atoms with E-state index in [9.17, 15) is 0 Å². The molecule has 0 aliphatic heterocycles. The first-order valence-electron chi connectivity index (χ1n) is 5.70. The molecule has 0 fully saturated rings. The largest absolute Gasteiger partial charge is 0.353 e. The van der Waals surface area contributed by atoms with Gasteiger partial charge in [-0.1, -0.05) is 37.1 Å². The van der Waals surface area contributed by atoms with Crippen molar-refractivity contribution in [2.45, 2.75) is 39.6 Å². The summed E-state index contributed by atoms with van der Waals surface area (Å²) in [6.45, 7) is 5.39. The predicted molar refractivity (Wildman–Crippen MR) is 66.6 cm³/mol. The Morgan fingerprint density at radius 2 is 1.88 bits per heavy atom. The van der Waals surface area contributed by atoms with Crippen molar-refractivity contribution >= 4 is 11.6 Å². The second kappa shape index (κ2) is 7.66. The number of unbranched alkanes of at least 4 members (excludes halogenated alkanes) is 1. The van der Waals surface area contributed by atoms with Gasteiger partial charge in [0, 0.05) is 11.6 Å². The quantitative estimate of drug-likeness (QED) is 0.531. The number of hydrogen-bond acceptors (Lipinski definition) is 2. The summed E-state index contributed by atoms with van der Waals surface area (Å²) >= 11 is 5.79. The predicted octanol–water partition coefficient (Wildman–Crippen LogP) is 4.02. The Labute approximate surface area is 103 Å². The zero-order chi connectivity index (χ0) is 11.8. The lowest BCUT2D eigenvalue weighted by Gasteiger charge is -2.13. The number of halogens is 1. The minimum Gasteiger partial charge on any atom is -0.353 e. The Bertz CT molecular complexity index is 284. The third kappa shape index (κ3) is 5.50. The van der Waals surface area contributed by atoms with Gasteiger partial charge in [0.15, 0.2) is 6.29 Å². The zero-order valence-electron chi connectivity index (χ0n) is 9.91. The first-order valence-corrected chi connectivity index (χ1v) is 6.08. The molecule has 0 bridgehead atoms. The molecule has 16 heavy (non-hydrogen) atoms. The van der Waals surface area contributed by atoms with Crippen molar-refractivity contribution in [3.05, 3.63) is 34.9 Å². The van der Waals surface area contributed by atoms with Gasteiger partial charge in [-0.05, 0) is 31.0 Å². The van der Waals surface area contributed by atoms with Gasteiger partial charge >= 0.3 is 0 Å². The summed E-state index contributed by atoms with van der Waals surface area (Å²) < 4.78 is 11.0. The highest BCUT2D eigenvalue weighted by atomic mass is 35.5. The van der Waals surface area contributed by atoms with Crippen molar-refractivity contribution < 1.29 is 9.47 Å². The molecule has 1 aromatic rings. The summed E-state index contributed by atoms with van der Waals surface area (Å²) in [5, 5.41) is 0.746. The molecule has 1 rings (SSSR count). The van der Waals surface area contributed by atoms with Gasteiger partial charge in [0.2, 0.25) is 0 Å². The standard InChI is InChI=1S/C13H19ClO2/c1-3-4-9-15-11(2)16-10-12-5-7-13(14)8-6-12/h5-8,11H,3-4,9-10H2,1-2H3/t11-/m0/s1.